The van der Waals surface area contributed by atoms with E-state index in [2.05, 4.69) is 47.6 Å². The van der Waals surface area contributed by atoms with Gasteiger partial charge < -0.3 is 87.7 Å². The van der Waals surface area contributed by atoms with Gasteiger partial charge in [-0.15, -0.1) is 11.6 Å². The number of aromatic amines is 1. The minimum Gasteiger partial charge on any atom is -0.447 e. The number of carbonyl (C=O) groups is 11. The summed E-state index contributed by atoms with van der Waals surface area (Å²) in [5.41, 5.74) is 19.6. The van der Waals surface area contributed by atoms with Gasteiger partial charge in [0.2, 0.25) is 11.8 Å². The molecule has 2 aliphatic heterocycles. The average Bonchev–Trinajstić information content (AvgIpc) is 1.54. The van der Waals surface area contributed by atoms with Crippen molar-refractivity contribution in [1.82, 2.24) is 45.9 Å². The molecule has 6 aromatic rings. The van der Waals surface area contributed by atoms with Crippen LogP contribution in [0.1, 0.15) is 76.6 Å². The summed E-state index contributed by atoms with van der Waals surface area (Å²) in [4.78, 5) is 155. The molecule has 0 radical (unpaired) electrons. The maximum atomic E-state index is 14.7. The first kappa shape index (κ1) is 71.0. The summed E-state index contributed by atoms with van der Waals surface area (Å²) < 4.78 is 22.4. The number of quaternary nitrogens is 1. The number of ether oxygens (including phenoxy) is 4. The van der Waals surface area contributed by atoms with Crippen molar-refractivity contribution < 1.29 is 77.4 Å². The number of rotatable bonds is 30. The number of likely N-dealkylation sites (N-methyl/N-ethyl adjacent to an activating group) is 1. The van der Waals surface area contributed by atoms with Crippen LogP contribution in [0, 0.1) is 12.8 Å². The lowest BCUT2D eigenvalue weighted by atomic mass is 9.92. The van der Waals surface area contributed by atoms with E-state index >= 15 is 0 Å². The normalized spacial score (nSPS) is 13.8. The van der Waals surface area contributed by atoms with Crippen LogP contribution < -0.4 is 58.7 Å². The summed E-state index contributed by atoms with van der Waals surface area (Å²) in [6, 6.07) is 19.8. The van der Waals surface area contributed by atoms with Crippen LogP contribution in [0.25, 0.3) is 21.8 Å². The second-order valence-corrected chi connectivity index (χ2v) is 23.3. The van der Waals surface area contributed by atoms with Crippen molar-refractivity contribution in [2.45, 2.75) is 64.6 Å². The van der Waals surface area contributed by atoms with E-state index in [4.69, 9.17) is 42.0 Å². The number of nitrogens with one attached hydrogen (secondary N) is 7. The summed E-state index contributed by atoms with van der Waals surface area (Å²) in [5, 5.41) is 17.6. The van der Waals surface area contributed by atoms with Crippen LogP contribution in [0.15, 0.2) is 103 Å². The molecule has 0 fully saturated rings. The molecule has 0 saturated heterocycles. The van der Waals surface area contributed by atoms with E-state index in [0.29, 0.717) is 44.6 Å². The number of amides is 13. The Morgan fingerprint density at radius 1 is 0.792 bits per heavy atom. The predicted octanol–water partition coefficient (Wildman–Crippen LogP) is 4.83. The van der Waals surface area contributed by atoms with Gasteiger partial charge in [0.05, 0.1) is 37.3 Å². The topological polar surface area (TPSA) is 418 Å². The number of aromatic nitrogens is 2. The van der Waals surface area contributed by atoms with Gasteiger partial charge in [0.25, 0.3) is 23.6 Å². The van der Waals surface area contributed by atoms with Crippen molar-refractivity contribution in [3.63, 3.8) is 0 Å². The number of imide groups is 1. The molecule has 14 N–H and O–H groups in total. The molecule has 508 valence electrons. The molecule has 0 aliphatic carbocycles. The molecule has 2 aliphatic rings. The zero-order valence-electron chi connectivity index (χ0n) is 53.3. The second-order valence-electron chi connectivity index (χ2n) is 23.0. The molecule has 4 heterocycles. The van der Waals surface area contributed by atoms with Crippen LogP contribution in [-0.2, 0) is 40.0 Å². The van der Waals surface area contributed by atoms with Crippen LogP contribution in [0.3, 0.4) is 0 Å². The lowest BCUT2D eigenvalue weighted by molar-refractivity contribution is -0.254. The first-order valence-corrected chi connectivity index (χ1v) is 31.3. The molecule has 3 atom stereocenters. The van der Waals surface area contributed by atoms with Gasteiger partial charge in [-0.1, -0.05) is 44.2 Å². The molecule has 0 bridgehead atoms. The number of nitrogens with two attached hydrogens (primary N) is 2. The molecule has 31 heteroatoms. The SMILES string of the molecule is Cc1cccc2c(OC(=O)N(CCCNC(N)=O)CCN(C)C(=O)OCc3ccc(NC(=O)C(CCCNC(N)=O)NC(=O)C(NC(=O)OCCOCCN4C(=O)C=CC4=O)C(C)C)cc3)cc3c(c12)C(CCl)CN3C(=O)c1cc2cc(NC(=O)c3ccc([NH3+])cc3)cnc2[nH]1. The van der Waals surface area contributed by atoms with Gasteiger partial charge >= 0.3 is 30.3 Å². The number of H-pyrrole nitrogens is 1. The third-order valence-electron chi connectivity index (χ3n) is 15.7. The molecule has 96 heavy (non-hydrogen) atoms. The maximum Gasteiger partial charge on any atom is 0.415 e. The fourth-order valence-corrected chi connectivity index (χ4v) is 10.9. The predicted molar refractivity (Wildman–Crippen MR) is 353 cm³/mol. The van der Waals surface area contributed by atoms with E-state index in [9.17, 15) is 52.7 Å². The molecule has 3 unspecified atom stereocenters. The molecule has 0 spiro atoms. The van der Waals surface area contributed by atoms with Gasteiger partial charge in [-0.3, -0.25) is 33.7 Å². The van der Waals surface area contributed by atoms with E-state index < -0.39 is 77.9 Å². The highest BCUT2D eigenvalue weighted by molar-refractivity contribution is 6.20. The number of primary amides is 2. The van der Waals surface area contributed by atoms with Gasteiger partial charge in [0.15, 0.2) is 0 Å². The van der Waals surface area contributed by atoms with Crippen molar-refractivity contribution in [3.05, 3.63) is 131 Å². The Balaban J connectivity index is 0.875. The molecular formula is C65H77ClN15O15+. The Morgan fingerprint density at radius 3 is 2.19 bits per heavy atom. The summed E-state index contributed by atoms with van der Waals surface area (Å²) in [7, 11) is 1.48. The van der Waals surface area contributed by atoms with Crippen molar-refractivity contribution in [2.75, 3.05) is 94.1 Å². The molecule has 13 amide bonds. The van der Waals surface area contributed by atoms with Crippen LogP contribution in [-0.4, -0.2) is 181 Å². The number of nitrogens with zero attached hydrogens (tertiary/aromatic N) is 5. The number of hydrogen-bond donors (Lipinski definition) is 10. The Morgan fingerprint density at radius 2 is 1.50 bits per heavy atom. The average molecular weight is 1340 g/mol. The number of urea groups is 2. The number of pyridine rings is 1. The number of anilines is 3. The summed E-state index contributed by atoms with van der Waals surface area (Å²) in [6.45, 7) is 5.15. The lowest BCUT2D eigenvalue weighted by Crippen LogP contribution is -2.54. The monoisotopic (exact) mass is 1340 g/mol. The van der Waals surface area contributed by atoms with Crippen LogP contribution in [0.4, 0.5) is 46.7 Å². The standard InChI is InChI=1S/C65H76ClN15O15/c1-37(2)55(77-63(90)94-29-28-93-27-26-80-51(82)19-20-52(80)83)59(86)76-47(10-6-21-70-61(68)88)58(85)73-44-17-11-39(12-18-44)36-95-64(91)78(4)24-25-79(23-7-22-71-62(69)89)65(92)96-50-32-49-54(53-38(3)8-5-9-46(50)53)42(33-66)35-81(49)60(87)48-31-41-30-45(34-72-56(41)75-48)74-57(84)40-13-15-43(67)16-14-40/h5,8-9,11-20,30-32,34,37,42,47,55H,6-7,10,21-29,33,35-36,67H2,1-4H3,(H,72,75)(H,73,85)(H,74,84)(H,76,86)(H,77,90)(H3,68,70,88)(H3,69,71,89)/p+1. The number of halogens is 1. The zero-order valence-corrected chi connectivity index (χ0v) is 54.1. The van der Waals surface area contributed by atoms with Gasteiger partial charge in [-0.25, -0.2) is 29.0 Å². The smallest absolute Gasteiger partial charge is 0.415 e. The fraction of sp³-hybridized carbons (Fsp3) is 0.354. The van der Waals surface area contributed by atoms with Crippen molar-refractivity contribution >= 4 is 122 Å². The third-order valence-corrected chi connectivity index (χ3v) is 16.0. The van der Waals surface area contributed by atoms with Gasteiger partial charge in [-0.05, 0) is 103 Å². The van der Waals surface area contributed by atoms with Crippen LogP contribution in [0.2, 0.25) is 0 Å². The lowest BCUT2D eigenvalue weighted by Gasteiger charge is -2.26. The van der Waals surface area contributed by atoms with Gasteiger partial charge in [0, 0.05) is 98.4 Å². The highest BCUT2D eigenvalue weighted by Crippen LogP contribution is 2.47. The number of carbonyl (C=O) groups excluding carboxylic acids is 11. The largest absolute Gasteiger partial charge is 0.447 e. The van der Waals surface area contributed by atoms with Crippen molar-refractivity contribution in [3.8, 4) is 5.75 Å². The Bertz CT molecular complexity index is 3900. The minimum absolute atomic E-state index is 0.00692. The highest BCUT2D eigenvalue weighted by Gasteiger charge is 2.37. The van der Waals surface area contributed by atoms with E-state index in [1.54, 1.807) is 85.5 Å². The van der Waals surface area contributed by atoms with Crippen LogP contribution in [0.5, 0.6) is 5.75 Å². The van der Waals surface area contributed by atoms with Gasteiger partial charge in [0.1, 0.15) is 48.1 Å². The van der Waals surface area contributed by atoms with Crippen molar-refractivity contribution in [2.24, 2.45) is 17.4 Å². The van der Waals surface area contributed by atoms with Crippen molar-refractivity contribution in [1.29, 1.82) is 0 Å². The van der Waals surface area contributed by atoms with Gasteiger partial charge in [-0.2, -0.15) is 0 Å². The second kappa shape index (κ2) is 33.3. The molecule has 4 aromatic carbocycles. The molecule has 8 rings (SSSR count). The number of aryl methyl sites for hydroxylation is 1. The fourth-order valence-electron chi connectivity index (χ4n) is 10.6. The minimum atomic E-state index is -1.17. The first-order chi connectivity index (χ1) is 46.0. The third kappa shape index (κ3) is 18.9. The number of alkyl halides is 1. The Labute approximate surface area is 556 Å². The molecular weight excluding hydrogens is 1270 g/mol. The first-order valence-electron chi connectivity index (χ1n) is 30.8. The number of hydrogen-bond acceptors (Lipinski definition) is 16. The van der Waals surface area contributed by atoms with E-state index in [-0.39, 0.29) is 121 Å². The quantitative estimate of drug-likeness (QED) is 0.0164. The summed E-state index contributed by atoms with van der Waals surface area (Å²) in [6.07, 6.45) is 1.82. The van der Waals surface area contributed by atoms with E-state index in [1.807, 2.05) is 25.1 Å². The Kier molecular flexibility index (Phi) is 24.6. The molecule has 2 aromatic heterocycles. The Hall–Kier alpha value is -10.9. The number of benzene rings is 4. The zero-order chi connectivity index (χ0) is 69.2. The van der Waals surface area contributed by atoms with E-state index in [1.165, 1.54) is 23.0 Å². The van der Waals surface area contributed by atoms with Crippen LogP contribution >= 0.6 is 11.6 Å². The summed E-state index contributed by atoms with van der Waals surface area (Å²) >= 11 is 6.66. The van der Waals surface area contributed by atoms with E-state index in [0.717, 1.165) is 39.3 Å². The highest BCUT2D eigenvalue weighted by atomic mass is 35.5. The number of fused-ring (bicyclic) bond motifs is 4. The summed E-state index contributed by atoms with van der Waals surface area (Å²) in [5.74, 6) is -3.48. The molecule has 0 saturated carbocycles. The maximum absolute atomic E-state index is 14.7. The number of alkyl carbamates (subject to hydrolysis) is 1. The molecule has 30 nitrogen and oxygen atoms in total.